The molecule has 0 fully saturated rings. The molecule has 1 aliphatic rings. The van der Waals surface area contributed by atoms with Gasteiger partial charge in [-0.25, -0.2) is 0 Å². The number of methoxy groups -OCH3 is 1. The first-order valence-electron chi connectivity index (χ1n) is 13.0. The van der Waals surface area contributed by atoms with E-state index in [9.17, 15) is 24.9 Å². The first-order valence-corrected chi connectivity index (χ1v) is 14.0. The third kappa shape index (κ3) is 9.08. The molecule has 10 nitrogen and oxygen atoms in total. The van der Waals surface area contributed by atoms with Crippen molar-refractivity contribution in [2.75, 3.05) is 40.0 Å². The lowest BCUT2D eigenvalue weighted by Gasteiger charge is -2.41. The molecule has 0 saturated carbocycles. The van der Waals surface area contributed by atoms with E-state index in [1.165, 1.54) is 7.11 Å². The number of nitrogens with one attached hydrogen (secondary N) is 1. The Labute approximate surface area is 238 Å². The molecule has 3 unspecified atom stereocenters. The zero-order chi connectivity index (χ0) is 28.2. The van der Waals surface area contributed by atoms with Gasteiger partial charge in [-0.15, -0.1) is 0 Å². The predicted molar refractivity (Wildman–Crippen MR) is 151 cm³/mol. The second-order valence-electron chi connectivity index (χ2n) is 9.52. The highest BCUT2D eigenvalue weighted by Crippen LogP contribution is 2.37. The second kappa shape index (κ2) is 16.2. The number of halogens is 1. The molecule has 4 N–H and O–H groups in total. The van der Waals surface area contributed by atoms with E-state index in [1.54, 1.807) is 23.1 Å². The minimum absolute atomic E-state index is 0.0770. The summed E-state index contributed by atoms with van der Waals surface area (Å²) in [5, 5.41) is 32.9. The van der Waals surface area contributed by atoms with E-state index in [0.717, 1.165) is 0 Å². The Kier molecular flexibility index (Phi) is 13.8. The number of carbonyl (C=O) groups excluding carboxylic acids is 2. The minimum Gasteiger partial charge on any atom is -0.493 e. The van der Waals surface area contributed by atoms with Crippen LogP contribution in [0.1, 0.15) is 45.6 Å². The van der Waals surface area contributed by atoms with Crippen molar-refractivity contribution in [3.05, 3.63) is 32.9 Å². The van der Waals surface area contributed by atoms with Gasteiger partial charge in [-0.3, -0.25) is 9.59 Å². The highest BCUT2D eigenvalue weighted by atomic mass is 127. The standard InChI is InChI=1S/C27H41IN2O8/c1-5-37-10-6-8-30(24(33)11-17(2)3)21-14-19(27(35)29-7-9-31)15-22(25(21)34)38-26-20(28)12-18(16-32)13-23(26)36-4/h12-13,15,17,21-22,25,31-32,34H,5-11,14,16H2,1-4H3,(H,29,35). The summed E-state index contributed by atoms with van der Waals surface area (Å²) in [5.74, 6) is 0.337. The molecule has 3 atom stereocenters. The molecule has 0 heterocycles. The number of aliphatic hydroxyl groups is 3. The molecule has 214 valence electrons. The lowest BCUT2D eigenvalue weighted by atomic mass is 9.87. The van der Waals surface area contributed by atoms with Crippen LogP contribution in [0.15, 0.2) is 23.8 Å². The minimum atomic E-state index is -1.13. The molecule has 1 aliphatic carbocycles. The number of carbonyl (C=O) groups is 2. The van der Waals surface area contributed by atoms with Crippen LogP contribution in [-0.2, 0) is 20.9 Å². The van der Waals surface area contributed by atoms with Crippen LogP contribution in [0.5, 0.6) is 11.5 Å². The number of amides is 2. The SMILES string of the molecule is CCOCCCN(C(=O)CC(C)C)C1CC(C(=O)NCCO)=CC(Oc2c(I)cc(CO)cc2OC)C1O. The molecule has 1 aromatic rings. The summed E-state index contributed by atoms with van der Waals surface area (Å²) in [6.07, 6.45) is 0.477. The van der Waals surface area contributed by atoms with Crippen molar-refractivity contribution < 1.29 is 39.1 Å². The maximum Gasteiger partial charge on any atom is 0.247 e. The lowest BCUT2D eigenvalue weighted by Crippen LogP contribution is -2.55. The molecule has 0 saturated heterocycles. The molecule has 1 aromatic carbocycles. The van der Waals surface area contributed by atoms with Crippen molar-refractivity contribution in [2.45, 2.75) is 64.9 Å². The van der Waals surface area contributed by atoms with Crippen molar-refractivity contribution in [1.82, 2.24) is 10.2 Å². The molecule has 2 rings (SSSR count). The molecule has 38 heavy (non-hydrogen) atoms. The number of rotatable bonds is 15. The Bertz CT molecular complexity index is 955. The summed E-state index contributed by atoms with van der Waals surface area (Å²) in [6.45, 7) is 6.89. The van der Waals surface area contributed by atoms with Gasteiger partial charge >= 0.3 is 0 Å². The van der Waals surface area contributed by atoms with Gasteiger partial charge < -0.3 is 39.7 Å². The average molecular weight is 649 g/mol. The monoisotopic (exact) mass is 648 g/mol. The zero-order valence-corrected chi connectivity index (χ0v) is 24.8. The van der Waals surface area contributed by atoms with Gasteiger partial charge in [0.25, 0.3) is 0 Å². The molecule has 11 heteroatoms. The summed E-state index contributed by atoms with van der Waals surface area (Å²) in [6, 6.07) is 2.68. The number of benzene rings is 1. The fourth-order valence-electron chi connectivity index (χ4n) is 4.32. The fraction of sp³-hybridized carbons (Fsp3) is 0.630. The highest BCUT2D eigenvalue weighted by Gasteiger charge is 2.40. The Morgan fingerprint density at radius 1 is 1.26 bits per heavy atom. The largest absolute Gasteiger partial charge is 0.493 e. The second-order valence-corrected chi connectivity index (χ2v) is 10.7. The molecule has 0 aromatic heterocycles. The van der Waals surface area contributed by atoms with Crippen LogP contribution in [0, 0.1) is 9.49 Å². The molecule has 0 bridgehead atoms. The molecule has 0 aliphatic heterocycles. The Hall–Kier alpha value is -1.93. The highest BCUT2D eigenvalue weighted by molar-refractivity contribution is 14.1. The predicted octanol–water partition coefficient (Wildman–Crippen LogP) is 2.01. The van der Waals surface area contributed by atoms with Crippen LogP contribution >= 0.6 is 22.6 Å². The van der Waals surface area contributed by atoms with Gasteiger partial charge in [-0.1, -0.05) is 13.8 Å². The third-order valence-corrected chi connectivity index (χ3v) is 6.94. The van der Waals surface area contributed by atoms with Crippen molar-refractivity contribution >= 4 is 34.4 Å². The Balaban J connectivity index is 2.47. The van der Waals surface area contributed by atoms with Crippen LogP contribution in [0.25, 0.3) is 0 Å². The first-order chi connectivity index (χ1) is 18.2. The van der Waals surface area contributed by atoms with Gasteiger partial charge in [0.05, 0.1) is 29.9 Å². The first kappa shape index (κ1) is 32.3. The van der Waals surface area contributed by atoms with E-state index in [1.807, 2.05) is 20.8 Å². The van der Waals surface area contributed by atoms with Gasteiger partial charge in [0.1, 0.15) is 12.2 Å². The Morgan fingerprint density at radius 2 is 2.00 bits per heavy atom. The van der Waals surface area contributed by atoms with Crippen molar-refractivity contribution in [2.24, 2.45) is 5.92 Å². The number of hydrogen-bond donors (Lipinski definition) is 4. The van der Waals surface area contributed by atoms with Gasteiger partial charge in [0.15, 0.2) is 11.5 Å². The molecule has 2 amide bonds. The topological polar surface area (TPSA) is 138 Å². The average Bonchev–Trinajstić information content (AvgIpc) is 2.88. The number of aliphatic hydroxyl groups excluding tert-OH is 3. The van der Waals surface area contributed by atoms with Crippen LogP contribution < -0.4 is 14.8 Å². The van der Waals surface area contributed by atoms with Crippen LogP contribution in [-0.4, -0.2) is 90.3 Å². The summed E-state index contributed by atoms with van der Waals surface area (Å²) in [5.41, 5.74) is 0.992. The number of nitrogens with zero attached hydrogens (tertiary/aromatic N) is 1. The van der Waals surface area contributed by atoms with Crippen LogP contribution in [0.3, 0.4) is 0 Å². The summed E-state index contributed by atoms with van der Waals surface area (Å²) in [4.78, 5) is 27.9. The normalized spacial score (nSPS) is 19.2. The quantitative estimate of drug-likeness (QED) is 0.168. The molecular formula is C27H41IN2O8. The zero-order valence-electron chi connectivity index (χ0n) is 22.6. The van der Waals surface area contributed by atoms with E-state index in [-0.39, 0.29) is 38.0 Å². The molecular weight excluding hydrogens is 607 g/mol. The molecule has 0 radical (unpaired) electrons. The van der Waals surface area contributed by atoms with E-state index >= 15 is 0 Å². The van der Waals surface area contributed by atoms with Gasteiger partial charge in [-0.05, 0) is 65.6 Å². The van der Waals surface area contributed by atoms with Crippen molar-refractivity contribution in [3.8, 4) is 11.5 Å². The van der Waals surface area contributed by atoms with Gasteiger partial charge in [-0.2, -0.15) is 0 Å². The fourth-order valence-corrected chi connectivity index (χ4v) is 5.11. The van der Waals surface area contributed by atoms with Gasteiger partial charge in [0.2, 0.25) is 11.8 Å². The van der Waals surface area contributed by atoms with Crippen LogP contribution in [0.2, 0.25) is 0 Å². The summed E-state index contributed by atoms with van der Waals surface area (Å²) < 4.78 is 17.9. The van der Waals surface area contributed by atoms with Crippen molar-refractivity contribution in [3.63, 3.8) is 0 Å². The smallest absolute Gasteiger partial charge is 0.247 e. The number of ether oxygens (including phenoxy) is 3. The van der Waals surface area contributed by atoms with E-state index in [0.29, 0.717) is 58.8 Å². The van der Waals surface area contributed by atoms with E-state index in [2.05, 4.69) is 27.9 Å². The number of hydrogen-bond acceptors (Lipinski definition) is 8. The molecule has 0 spiro atoms. The van der Waals surface area contributed by atoms with Gasteiger partial charge in [0, 0.05) is 44.7 Å². The van der Waals surface area contributed by atoms with Crippen LogP contribution in [0.4, 0.5) is 0 Å². The maximum atomic E-state index is 13.3. The summed E-state index contributed by atoms with van der Waals surface area (Å²) >= 11 is 2.06. The van der Waals surface area contributed by atoms with Crippen molar-refractivity contribution in [1.29, 1.82) is 0 Å². The third-order valence-electron chi connectivity index (χ3n) is 6.14. The lowest BCUT2D eigenvalue weighted by molar-refractivity contribution is -0.139. The van der Waals surface area contributed by atoms with E-state index < -0.39 is 24.2 Å². The summed E-state index contributed by atoms with van der Waals surface area (Å²) in [7, 11) is 1.48. The Morgan fingerprint density at radius 3 is 2.61 bits per heavy atom. The maximum absolute atomic E-state index is 13.3. The van der Waals surface area contributed by atoms with E-state index in [4.69, 9.17) is 14.2 Å².